The Bertz CT molecular complexity index is 1150. The quantitative estimate of drug-likeness (QED) is 0.685. The van der Waals surface area contributed by atoms with Crippen LogP contribution in [0.3, 0.4) is 0 Å². The van der Waals surface area contributed by atoms with Crippen LogP contribution in [0.5, 0.6) is 17.2 Å². The largest absolute Gasteiger partial charge is 0.497 e. The Kier molecular flexibility index (Phi) is 6.40. The average molecular weight is 449 g/mol. The summed E-state index contributed by atoms with van der Waals surface area (Å²) in [4.78, 5) is 26.7. The summed E-state index contributed by atoms with van der Waals surface area (Å²) in [7, 11) is 4.76. The zero-order valence-corrected chi connectivity index (χ0v) is 19.3. The second kappa shape index (κ2) is 9.40. The number of carbonyl (C=O) groups is 2. The fourth-order valence-electron chi connectivity index (χ4n) is 4.53. The Morgan fingerprint density at radius 2 is 1.67 bits per heavy atom. The van der Waals surface area contributed by atoms with Crippen LogP contribution >= 0.6 is 0 Å². The van der Waals surface area contributed by atoms with E-state index in [4.69, 9.17) is 14.2 Å². The molecular formula is C26H28N2O5. The molecule has 0 fully saturated rings. The van der Waals surface area contributed by atoms with Crippen molar-refractivity contribution in [2.45, 2.75) is 32.1 Å². The van der Waals surface area contributed by atoms with Crippen molar-refractivity contribution in [2.24, 2.45) is 0 Å². The average Bonchev–Trinajstić information content (AvgIpc) is 2.83. The van der Waals surface area contributed by atoms with Crippen LogP contribution in [0.2, 0.25) is 0 Å². The molecule has 1 atom stereocenters. The van der Waals surface area contributed by atoms with E-state index in [0.717, 1.165) is 24.1 Å². The number of carbonyl (C=O) groups excluding carboxylic acids is 2. The zero-order chi connectivity index (χ0) is 23.5. The Hall–Kier alpha value is -3.74. The number of benzene rings is 2. The number of ketones is 1. The molecule has 0 saturated heterocycles. The minimum atomic E-state index is -0.572. The predicted molar refractivity (Wildman–Crippen MR) is 126 cm³/mol. The van der Waals surface area contributed by atoms with Crippen molar-refractivity contribution < 1.29 is 23.8 Å². The summed E-state index contributed by atoms with van der Waals surface area (Å²) in [6.07, 6.45) is 2.00. The van der Waals surface area contributed by atoms with Crippen molar-refractivity contribution in [1.82, 2.24) is 5.32 Å². The monoisotopic (exact) mass is 448 g/mol. The topological polar surface area (TPSA) is 85.9 Å². The van der Waals surface area contributed by atoms with E-state index in [2.05, 4.69) is 10.6 Å². The van der Waals surface area contributed by atoms with E-state index in [1.165, 1.54) is 0 Å². The van der Waals surface area contributed by atoms with Crippen molar-refractivity contribution >= 4 is 17.4 Å². The maximum Gasteiger partial charge on any atom is 0.254 e. The fraction of sp³-hybridized carbons (Fsp3) is 0.308. The summed E-state index contributed by atoms with van der Waals surface area (Å²) in [5, 5.41) is 6.31. The van der Waals surface area contributed by atoms with Crippen LogP contribution in [0, 0.1) is 0 Å². The number of nitrogens with one attached hydrogen (secondary N) is 2. The molecule has 4 rings (SSSR count). The van der Waals surface area contributed by atoms with Gasteiger partial charge in [-0.15, -0.1) is 0 Å². The highest BCUT2D eigenvalue weighted by Gasteiger charge is 2.40. The number of amides is 1. The normalized spacial score (nSPS) is 17.8. The van der Waals surface area contributed by atoms with Gasteiger partial charge in [0.2, 0.25) is 0 Å². The molecule has 2 N–H and O–H groups in total. The first kappa shape index (κ1) is 22.5. The molecule has 172 valence electrons. The molecule has 33 heavy (non-hydrogen) atoms. The highest BCUT2D eigenvalue weighted by Crippen LogP contribution is 2.46. The van der Waals surface area contributed by atoms with Crippen molar-refractivity contribution in [2.75, 3.05) is 26.6 Å². The van der Waals surface area contributed by atoms with Gasteiger partial charge in [-0.2, -0.15) is 0 Å². The van der Waals surface area contributed by atoms with Gasteiger partial charge in [-0.3, -0.25) is 9.59 Å². The van der Waals surface area contributed by atoms with Crippen LogP contribution in [0.1, 0.15) is 37.7 Å². The number of allylic oxidation sites excluding steroid dienone is 3. The van der Waals surface area contributed by atoms with Gasteiger partial charge in [-0.05, 0) is 62.2 Å². The molecule has 0 saturated carbocycles. The van der Waals surface area contributed by atoms with E-state index in [-0.39, 0.29) is 11.7 Å². The first-order valence-corrected chi connectivity index (χ1v) is 10.9. The Morgan fingerprint density at radius 1 is 0.970 bits per heavy atom. The second-order valence-corrected chi connectivity index (χ2v) is 8.06. The minimum Gasteiger partial charge on any atom is -0.497 e. The van der Waals surface area contributed by atoms with E-state index in [9.17, 15) is 9.59 Å². The first-order chi connectivity index (χ1) is 16.0. The number of hydrogen-bond acceptors (Lipinski definition) is 6. The van der Waals surface area contributed by atoms with Gasteiger partial charge in [0, 0.05) is 40.2 Å². The van der Waals surface area contributed by atoms with Gasteiger partial charge in [0.15, 0.2) is 5.78 Å². The lowest BCUT2D eigenvalue weighted by Gasteiger charge is -2.35. The van der Waals surface area contributed by atoms with Gasteiger partial charge in [0.05, 0.1) is 27.2 Å². The molecular weight excluding hydrogens is 420 g/mol. The van der Waals surface area contributed by atoms with Gasteiger partial charge in [-0.1, -0.05) is 0 Å². The number of hydrogen-bond donors (Lipinski definition) is 2. The van der Waals surface area contributed by atoms with Crippen molar-refractivity contribution in [1.29, 1.82) is 0 Å². The number of rotatable bonds is 6. The third-order valence-corrected chi connectivity index (χ3v) is 6.12. The smallest absolute Gasteiger partial charge is 0.254 e. The number of methoxy groups -OCH3 is 3. The number of anilines is 1. The summed E-state index contributed by atoms with van der Waals surface area (Å²) in [6.45, 7) is 1.87. The molecule has 2 aliphatic rings. The summed E-state index contributed by atoms with van der Waals surface area (Å²) in [5.74, 6) is 1.10. The van der Waals surface area contributed by atoms with Gasteiger partial charge in [-0.25, -0.2) is 0 Å². The third kappa shape index (κ3) is 4.31. The highest BCUT2D eigenvalue weighted by atomic mass is 16.5. The fourth-order valence-corrected chi connectivity index (χ4v) is 4.53. The summed E-state index contributed by atoms with van der Waals surface area (Å²) in [5.41, 5.74) is 4.04. The van der Waals surface area contributed by atoms with E-state index in [0.29, 0.717) is 46.2 Å². The number of dihydropyridines is 1. The van der Waals surface area contributed by atoms with Crippen LogP contribution in [-0.2, 0) is 9.59 Å². The maximum absolute atomic E-state index is 13.6. The molecule has 0 unspecified atom stereocenters. The van der Waals surface area contributed by atoms with Crippen LogP contribution in [0.4, 0.5) is 5.69 Å². The Balaban J connectivity index is 1.82. The molecule has 0 bridgehead atoms. The molecule has 1 amide bonds. The molecule has 0 aromatic heterocycles. The summed E-state index contributed by atoms with van der Waals surface area (Å²) >= 11 is 0. The standard InChI is InChI=1S/C26H28N2O5/c1-15-23(26(30)28-16-8-10-17(31-2)11-9-16)24(25-20(27-15)6-5-7-21(25)29)19-14-18(32-3)12-13-22(19)33-4/h8-14,24,27H,5-7H2,1-4H3,(H,28,30)/t24-/m1/s1. The lowest BCUT2D eigenvalue weighted by Crippen LogP contribution is -2.35. The first-order valence-electron chi connectivity index (χ1n) is 10.9. The van der Waals surface area contributed by atoms with Crippen LogP contribution in [-0.4, -0.2) is 33.0 Å². The van der Waals surface area contributed by atoms with E-state index in [1.54, 1.807) is 57.7 Å². The van der Waals surface area contributed by atoms with E-state index < -0.39 is 5.92 Å². The van der Waals surface area contributed by atoms with Crippen molar-refractivity contribution in [3.8, 4) is 17.2 Å². The van der Waals surface area contributed by atoms with Gasteiger partial charge < -0.3 is 24.8 Å². The molecule has 1 heterocycles. The van der Waals surface area contributed by atoms with Gasteiger partial charge in [0.1, 0.15) is 17.2 Å². The number of ether oxygens (including phenoxy) is 3. The molecule has 7 nitrogen and oxygen atoms in total. The molecule has 1 aliphatic carbocycles. The molecule has 2 aromatic rings. The lowest BCUT2D eigenvalue weighted by atomic mass is 9.74. The molecule has 1 aliphatic heterocycles. The molecule has 0 radical (unpaired) electrons. The second-order valence-electron chi connectivity index (χ2n) is 8.06. The van der Waals surface area contributed by atoms with E-state index in [1.807, 2.05) is 13.0 Å². The summed E-state index contributed by atoms with van der Waals surface area (Å²) < 4.78 is 16.3. The predicted octanol–water partition coefficient (Wildman–Crippen LogP) is 4.32. The Labute approximate surface area is 193 Å². The van der Waals surface area contributed by atoms with Crippen molar-refractivity contribution in [3.63, 3.8) is 0 Å². The van der Waals surface area contributed by atoms with E-state index >= 15 is 0 Å². The third-order valence-electron chi connectivity index (χ3n) is 6.12. The SMILES string of the molecule is COc1ccc(NC(=O)C2=C(C)NC3=C(C(=O)CCC3)[C@@H]2c2cc(OC)ccc2OC)cc1. The van der Waals surface area contributed by atoms with Crippen molar-refractivity contribution in [3.05, 3.63) is 70.6 Å². The number of Topliss-reactive ketones (excluding diaryl/α,β-unsaturated/α-hetero) is 1. The highest BCUT2D eigenvalue weighted by molar-refractivity contribution is 6.10. The summed E-state index contributed by atoms with van der Waals surface area (Å²) in [6, 6.07) is 12.6. The maximum atomic E-state index is 13.6. The molecule has 7 heteroatoms. The van der Waals surface area contributed by atoms with Crippen LogP contribution < -0.4 is 24.8 Å². The van der Waals surface area contributed by atoms with Crippen LogP contribution in [0.15, 0.2) is 65.0 Å². The Morgan fingerprint density at radius 3 is 2.33 bits per heavy atom. The molecule has 0 spiro atoms. The zero-order valence-electron chi connectivity index (χ0n) is 19.3. The van der Waals surface area contributed by atoms with Crippen LogP contribution in [0.25, 0.3) is 0 Å². The lowest BCUT2D eigenvalue weighted by molar-refractivity contribution is -0.116. The molecule has 2 aromatic carbocycles. The van der Waals surface area contributed by atoms with Gasteiger partial charge >= 0.3 is 0 Å². The minimum absolute atomic E-state index is 0.0425. The van der Waals surface area contributed by atoms with Gasteiger partial charge in [0.25, 0.3) is 5.91 Å².